The molecule has 6 nitrogen and oxygen atoms in total. The quantitative estimate of drug-likeness (QED) is 0.825. The Kier molecular flexibility index (Phi) is 5.05. The van der Waals surface area contributed by atoms with Gasteiger partial charge in [-0.3, -0.25) is 13.9 Å². The first-order chi connectivity index (χ1) is 9.95. The molecule has 0 aromatic carbocycles. The number of nitrogens with zero attached hydrogens (tertiary/aromatic N) is 3. The number of hydrogen-bond donors (Lipinski definition) is 1. The van der Waals surface area contributed by atoms with Gasteiger partial charge < -0.3 is 5.11 Å². The number of hydrogen-bond acceptors (Lipinski definition) is 5. The van der Waals surface area contributed by atoms with Crippen LogP contribution in [0.25, 0.3) is 0 Å². The molecule has 2 rings (SSSR count). The summed E-state index contributed by atoms with van der Waals surface area (Å²) < 4.78 is 2.74. The second-order valence-corrected chi connectivity index (χ2v) is 6.21. The molecule has 7 heteroatoms. The molecule has 2 heterocycles. The maximum Gasteiger partial charge on any atom is 0.332 e. The topological polar surface area (TPSA) is 76.6 Å². The summed E-state index contributed by atoms with van der Waals surface area (Å²) in [6.07, 6.45) is 4.25. The van der Waals surface area contributed by atoms with E-state index in [-0.39, 0.29) is 17.4 Å². The van der Waals surface area contributed by atoms with E-state index in [1.165, 1.54) is 20.9 Å². The van der Waals surface area contributed by atoms with Crippen molar-refractivity contribution in [3.05, 3.63) is 26.4 Å². The lowest BCUT2D eigenvalue weighted by molar-refractivity contribution is 0.180. The molecule has 1 N–H and O–H groups in total. The Balaban J connectivity index is 2.25. The van der Waals surface area contributed by atoms with E-state index in [1.807, 2.05) is 6.26 Å². The van der Waals surface area contributed by atoms with E-state index in [0.717, 1.165) is 11.5 Å². The third-order valence-electron chi connectivity index (χ3n) is 3.66. The minimum absolute atomic E-state index is 0.224. The average molecular weight is 311 g/mol. The second kappa shape index (κ2) is 6.62. The molecule has 21 heavy (non-hydrogen) atoms. The molecule has 1 aromatic heterocycles. The summed E-state index contributed by atoms with van der Waals surface area (Å²) in [5, 5.41) is 10.1. The van der Waals surface area contributed by atoms with Crippen molar-refractivity contribution < 1.29 is 5.11 Å². The minimum Gasteiger partial charge on any atom is -0.393 e. The van der Waals surface area contributed by atoms with Crippen LogP contribution in [0.4, 0.5) is 5.82 Å². The number of unbranched alkanes of at least 4 members (excludes halogenated alkanes) is 1. The average Bonchev–Trinajstić information content (AvgIpc) is 2.88. The standard InChI is InChI=1S/C14H21N3O3S/c1-9(18)6-4-5-7-17-13(19)10-8-11(21-3)15-12(10)16(2)14(17)20/h9,18H,4-8H2,1-3H3/t9-/m1/s1. The monoisotopic (exact) mass is 311 g/mol. The molecule has 1 aliphatic heterocycles. The largest absolute Gasteiger partial charge is 0.393 e. The lowest BCUT2D eigenvalue weighted by atomic mass is 10.2. The van der Waals surface area contributed by atoms with Crippen LogP contribution < -0.4 is 11.2 Å². The molecular weight excluding hydrogens is 290 g/mol. The molecule has 0 spiro atoms. The van der Waals surface area contributed by atoms with Gasteiger partial charge in [0.05, 0.1) is 16.7 Å². The zero-order chi connectivity index (χ0) is 15.6. The van der Waals surface area contributed by atoms with Gasteiger partial charge in [-0.1, -0.05) is 0 Å². The summed E-state index contributed by atoms with van der Waals surface area (Å²) in [5.41, 5.74) is 0.0665. The van der Waals surface area contributed by atoms with E-state index in [9.17, 15) is 14.7 Å². The highest BCUT2D eigenvalue weighted by Crippen LogP contribution is 2.25. The third-order valence-corrected chi connectivity index (χ3v) is 4.36. The van der Waals surface area contributed by atoms with Gasteiger partial charge >= 0.3 is 5.69 Å². The van der Waals surface area contributed by atoms with Crippen LogP contribution >= 0.6 is 11.8 Å². The van der Waals surface area contributed by atoms with Gasteiger partial charge in [-0.15, -0.1) is 11.8 Å². The van der Waals surface area contributed by atoms with Crippen molar-refractivity contribution in [2.24, 2.45) is 12.0 Å². The summed E-state index contributed by atoms with van der Waals surface area (Å²) in [6.45, 7) is 2.13. The van der Waals surface area contributed by atoms with Gasteiger partial charge in [-0.25, -0.2) is 9.79 Å². The van der Waals surface area contributed by atoms with Gasteiger partial charge in [-0.05, 0) is 32.4 Å². The lowest BCUT2D eigenvalue weighted by Gasteiger charge is -2.10. The Bertz CT molecular complexity index is 673. The Labute approximate surface area is 127 Å². The van der Waals surface area contributed by atoms with Gasteiger partial charge in [0.25, 0.3) is 5.56 Å². The zero-order valence-corrected chi connectivity index (χ0v) is 13.4. The molecule has 1 aliphatic rings. The summed E-state index contributed by atoms with van der Waals surface area (Å²) in [6, 6.07) is 0. The fourth-order valence-corrected chi connectivity index (χ4v) is 2.92. The normalized spacial score (nSPS) is 15.0. The smallest absolute Gasteiger partial charge is 0.332 e. The van der Waals surface area contributed by atoms with E-state index in [2.05, 4.69) is 4.99 Å². The first-order valence-corrected chi connectivity index (χ1v) is 8.30. The SMILES string of the molecule is CSC1=Nc2c(c(=O)n(CCCC[C@@H](C)O)c(=O)n2C)C1. The molecule has 0 aliphatic carbocycles. The molecule has 116 valence electrons. The summed E-state index contributed by atoms with van der Waals surface area (Å²) >= 11 is 1.50. The number of thioether (sulfide) groups is 1. The van der Waals surface area contributed by atoms with Crippen molar-refractivity contribution in [3.8, 4) is 0 Å². The molecule has 0 saturated heterocycles. The summed E-state index contributed by atoms with van der Waals surface area (Å²) in [5.74, 6) is 0.495. The first-order valence-electron chi connectivity index (χ1n) is 7.08. The Morgan fingerprint density at radius 2 is 2.10 bits per heavy atom. The van der Waals surface area contributed by atoms with Crippen molar-refractivity contribution in [2.45, 2.75) is 45.3 Å². The van der Waals surface area contributed by atoms with E-state index in [4.69, 9.17) is 0 Å². The van der Waals surface area contributed by atoms with Gasteiger partial charge in [0, 0.05) is 20.0 Å². The van der Waals surface area contributed by atoms with Crippen LogP contribution in [0, 0.1) is 0 Å². The van der Waals surface area contributed by atoms with Crippen molar-refractivity contribution in [1.29, 1.82) is 0 Å². The molecule has 0 bridgehead atoms. The second-order valence-electron chi connectivity index (χ2n) is 5.33. The highest BCUT2D eigenvalue weighted by atomic mass is 32.2. The molecule has 0 amide bonds. The molecular formula is C14H21N3O3S. The Morgan fingerprint density at radius 3 is 2.71 bits per heavy atom. The molecule has 0 radical (unpaired) electrons. The van der Waals surface area contributed by atoms with Crippen LogP contribution in [0.1, 0.15) is 31.7 Å². The van der Waals surface area contributed by atoms with E-state index in [1.54, 1.807) is 14.0 Å². The van der Waals surface area contributed by atoms with Crippen LogP contribution in [-0.4, -0.2) is 31.6 Å². The zero-order valence-electron chi connectivity index (χ0n) is 12.6. The van der Waals surface area contributed by atoms with Crippen molar-refractivity contribution in [3.63, 3.8) is 0 Å². The van der Waals surface area contributed by atoms with E-state index >= 15 is 0 Å². The summed E-state index contributed by atoms with van der Waals surface area (Å²) in [7, 11) is 1.65. The molecule has 1 aromatic rings. The molecule has 0 unspecified atom stereocenters. The molecule has 1 atom stereocenters. The van der Waals surface area contributed by atoms with Crippen LogP contribution in [0.3, 0.4) is 0 Å². The van der Waals surface area contributed by atoms with Crippen molar-refractivity contribution in [1.82, 2.24) is 9.13 Å². The maximum atomic E-state index is 12.4. The predicted octanol–water partition coefficient (Wildman–Crippen LogP) is 1.05. The van der Waals surface area contributed by atoms with Crippen molar-refractivity contribution in [2.75, 3.05) is 6.26 Å². The van der Waals surface area contributed by atoms with Crippen LogP contribution in [0.5, 0.6) is 0 Å². The number of aliphatic imine (C=N–C) groups is 1. The van der Waals surface area contributed by atoms with Gasteiger partial charge in [-0.2, -0.15) is 0 Å². The highest BCUT2D eigenvalue weighted by molar-refractivity contribution is 8.13. The number of aromatic nitrogens is 2. The van der Waals surface area contributed by atoms with E-state index in [0.29, 0.717) is 37.2 Å². The third kappa shape index (κ3) is 3.29. The van der Waals surface area contributed by atoms with Crippen molar-refractivity contribution >= 4 is 22.6 Å². The Hall–Kier alpha value is -1.34. The highest BCUT2D eigenvalue weighted by Gasteiger charge is 2.23. The predicted molar refractivity (Wildman–Crippen MR) is 85.8 cm³/mol. The lowest BCUT2D eigenvalue weighted by Crippen LogP contribution is -2.40. The minimum atomic E-state index is -0.345. The number of fused-ring (bicyclic) bond motifs is 1. The fourth-order valence-electron chi connectivity index (χ4n) is 2.45. The van der Waals surface area contributed by atoms with Gasteiger partial charge in [0.1, 0.15) is 5.82 Å². The number of rotatable bonds is 5. The fraction of sp³-hybridized carbons (Fsp3) is 0.643. The number of aliphatic hydroxyl groups is 1. The summed E-state index contributed by atoms with van der Waals surface area (Å²) in [4.78, 5) is 29.1. The first kappa shape index (κ1) is 16.0. The van der Waals surface area contributed by atoms with Crippen LogP contribution in [-0.2, 0) is 20.0 Å². The molecule has 0 saturated carbocycles. The van der Waals surface area contributed by atoms with E-state index < -0.39 is 0 Å². The van der Waals surface area contributed by atoms with Crippen LogP contribution in [0.15, 0.2) is 14.6 Å². The number of aliphatic hydroxyl groups excluding tert-OH is 1. The van der Waals surface area contributed by atoms with Gasteiger partial charge in [0.15, 0.2) is 0 Å². The molecule has 0 fully saturated rings. The van der Waals surface area contributed by atoms with Gasteiger partial charge in [0.2, 0.25) is 0 Å². The maximum absolute atomic E-state index is 12.4. The Morgan fingerprint density at radius 1 is 1.38 bits per heavy atom. The van der Waals surface area contributed by atoms with Crippen LogP contribution in [0.2, 0.25) is 0 Å².